The zero-order chi connectivity index (χ0) is 19.9. The highest BCUT2D eigenvalue weighted by molar-refractivity contribution is 5.83. The van der Waals surface area contributed by atoms with Crippen molar-refractivity contribution in [3.05, 3.63) is 59.2 Å². The smallest absolute Gasteiger partial charge is 0.295 e. The number of amides is 1. The number of piperazine rings is 1. The molecule has 0 aliphatic carbocycles. The van der Waals surface area contributed by atoms with E-state index in [0.29, 0.717) is 12.1 Å². The number of hydrogen-bond acceptors (Lipinski definition) is 4. The molecule has 1 fully saturated rings. The number of nitrogens with one attached hydrogen (secondary N) is 3. The van der Waals surface area contributed by atoms with Crippen LogP contribution in [0, 0.1) is 6.92 Å². The molecule has 7 heteroatoms. The Morgan fingerprint density at radius 2 is 1.71 bits per heavy atom. The molecule has 3 rings (SSSR count). The highest BCUT2D eigenvalue weighted by Gasteiger charge is 2.24. The molecule has 2 aromatic carbocycles. The fraction of sp³-hybridized carbons (Fsp3) is 0.333. The van der Waals surface area contributed by atoms with Crippen LogP contribution in [0.5, 0.6) is 11.5 Å². The number of carbonyl (C=O) groups excluding carboxylic acids is 1. The lowest BCUT2D eigenvalue weighted by atomic mass is 10.1. The van der Waals surface area contributed by atoms with E-state index in [0.717, 1.165) is 32.7 Å². The number of phenols is 2. The molecule has 0 saturated carbocycles. The number of benzene rings is 2. The van der Waals surface area contributed by atoms with Crippen molar-refractivity contribution in [2.24, 2.45) is 5.10 Å². The summed E-state index contributed by atoms with van der Waals surface area (Å²) in [6.07, 6.45) is 1.44. The molecule has 0 radical (unpaired) electrons. The van der Waals surface area contributed by atoms with Crippen molar-refractivity contribution < 1.29 is 24.8 Å². The van der Waals surface area contributed by atoms with Gasteiger partial charge in [-0.15, -0.1) is 0 Å². The van der Waals surface area contributed by atoms with Crippen LogP contribution in [0.25, 0.3) is 0 Å². The van der Waals surface area contributed by atoms with E-state index in [1.807, 2.05) is 0 Å². The van der Waals surface area contributed by atoms with E-state index in [2.05, 4.69) is 41.7 Å². The Labute approximate surface area is 164 Å². The molecule has 0 spiro atoms. The second-order valence-electron chi connectivity index (χ2n) is 7.38. The maximum Gasteiger partial charge on any atom is 0.295 e. The summed E-state index contributed by atoms with van der Waals surface area (Å²) in [6, 6.07) is 13.1. The van der Waals surface area contributed by atoms with Gasteiger partial charge < -0.3 is 20.0 Å². The molecule has 2 aromatic rings. The van der Waals surface area contributed by atoms with Gasteiger partial charge in [-0.25, -0.2) is 5.43 Å². The predicted molar refractivity (Wildman–Crippen MR) is 107 cm³/mol. The number of aryl methyl sites for hydroxylation is 1. The SMILES string of the molecule is Cc1ccc(C[NH+]2CC[NH+](CC(=O)N/N=C/c3ccc(O)c(O)c3)CC2)cc1. The second kappa shape index (κ2) is 9.34. The topological polar surface area (TPSA) is 90.8 Å². The Morgan fingerprint density at radius 3 is 2.39 bits per heavy atom. The van der Waals surface area contributed by atoms with E-state index in [4.69, 9.17) is 0 Å². The molecule has 1 aliphatic heterocycles. The molecule has 1 heterocycles. The van der Waals surface area contributed by atoms with Crippen LogP contribution in [0.1, 0.15) is 16.7 Å². The molecule has 0 aromatic heterocycles. The van der Waals surface area contributed by atoms with Crippen molar-refractivity contribution in [2.45, 2.75) is 13.5 Å². The second-order valence-corrected chi connectivity index (χ2v) is 7.38. The number of carbonyl (C=O) groups is 1. The number of phenolic OH excluding ortho intramolecular Hbond substituents is 2. The molecular formula is C21H28N4O3+2. The molecule has 1 aliphatic rings. The van der Waals surface area contributed by atoms with Crippen LogP contribution in [0.2, 0.25) is 0 Å². The Morgan fingerprint density at radius 1 is 1.04 bits per heavy atom. The van der Waals surface area contributed by atoms with E-state index in [1.165, 1.54) is 34.4 Å². The summed E-state index contributed by atoms with van der Waals surface area (Å²) >= 11 is 0. The van der Waals surface area contributed by atoms with Crippen molar-refractivity contribution >= 4 is 12.1 Å². The van der Waals surface area contributed by atoms with Crippen LogP contribution >= 0.6 is 0 Å². The monoisotopic (exact) mass is 384 g/mol. The molecule has 148 valence electrons. The molecule has 7 nitrogen and oxygen atoms in total. The lowest BCUT2D eigenvalue weighted by molar-refractivity contribution is -1.02. The minimum atomic E-state index is -0.217. The van der Waals surface area contributed by atoms with E-state index < -0.39 is 0 Å². The minimum absolute atomic E-state index is 0.128. The van der Waals surface area contributed by atoms with Crippen molar-refractivity contribution in [1.82, 2.24) is 5.43 Å². The van der Waals surface area contributed by atoms with Crippen LogP contribution in [0.15, 0.2) is 47.6 Å². The minimum Gasteiger partial charge on any atom is -0.504 e. The molecule has 1 amide bonds. The van der Waals surface area contributed by atoms with Crippen LogP contribution < -0.4 is 15.2 Å². The van der Waals surface area contributed by atoms with Crippen LogP contribution in [-0.2, 0) is 11.3 Å². The van der Waals surface area contributed by atoms with Gasteiger partial charge in [-0.2, -0.15) is 5.10 Å². The quantitative estimate of drug-likeness (QED) is 0.247. The van der Waals surface area contributed by atoms with Gasteiger partial charge in [0.25, 0.3) is 5.91 Å². The highest BCUT2D eigenvalue weighted by Crippen LogP contribution is 2.23. The Kier molecular flexibility index (Phi) is 6.62. The van der Waals surface area contributed by atoms with Gasteiger partial charge in [0.15, 0.2) is 18.0 Å². The van der Waals surface area contributed by atoms with E-state index in [-0.39, 0.29) is 17.4 Å². The zero-order valence-corrected chi connectivity index (χ0v) is 16.1. The molecular weight excluding hydrogens is 356 g/mol. The summed E-state index contributed by atoms with van der Waals surface area (Å²) in [5.41, 5.74) is 5.76. The zero-order valence-electron chi connectivity index (χ0n) is 16.1. The number of hydrogen-bond donors (Lipinski definition) is 5. The third kappa shape index (κ3) is 5.80. The lowest BCUT2D eigenvalue weighted by Gasteiger charge is -2.29. The average Bonchev–Trinajstić information content (AvgIpc) is 2.68. The third-order valence-corrected chi connectivity index (χ3v) is 5.05. The highest BCUT2D eigenvalue weighted by atomic mass is 16.3. The Balaban J connectivity index is 1.39. The standard InChI is InChI=1S/C21H26N4O3/c1-16-2-4-17(5-3-16)14-24-8-10-25(11-9-24)15-21(28)23-22-13-18-6-7-19(26)20(27)12-18/h2-7,12-13,26-27H,8-11,14-15H2,1H3,(H,23,28)/p+2/b22-13+. The molecule has 1 saturated heterocycles. The van der Waals surface area contributed by atoms with Gasteiger partial charge in [0.05, 0.1) is 6.21 Å². The van der Waals surface area contributed by atoms with Gasteiger partial charge in [-0.05, 0) is 30.7 Å². The predicted octanol–water partition coefficient (Wildman–Crippen LogP) is -1.16. The fourth-order valence-corrected chi connectivity index (χ4v) is 3.37. The van der Waals surface area contributed by atoms with Crippen LogP contribution in [-0.4, -0.2) is 55.1 Å². The summed E-state index contributed by atoms with van der Waals surface area (Å²) < 4.78 is 0. The Bertz CT molecular complexity index is 828. The molecule has 28 heavy (non-hydrogen) atoms. The van der Waals surface area contributed by atoms with Crippen LogP contribution in [0.3, 0.4) is 0 Å². The first-order valence-electron chi connectivity index (χ1n) is 9.56. The van der Waals surface area contributed by atoms with E-state index in [1.54, 1.807) is 11.0 Å². The third-order valence-electron chi connectivity index (χ3n) is 5.05. The molecule has 0 atom stereocenters. The summed E-state index contributed by atoms with van der Waals surface area (Å²) in [7, 11) is 0. The van der Waals surface area contributed by atoms with Gasteiger partial charge >= 0.3 is 0 Å². The van der Waals surface area contributed by atoms with Crippen molar-refractivity contribution in [1.29, 1.82) is 0 Å². The summed E-state index contributed by atoms with van der Waals surface area (Å²) in [5.74, 6) is -0.532. The van der Waals surface area contributed by atoms with Gasteiger partial charge in [0, 0.05) is 5.56 Å². The first-order chi connectivity index (χ1) is 13.5. The molecule has 0 unspecified atom stereocenters. The Hall–Kier alpha value is -2.90. The number of rotatable bonds is 6. The van der Waals surface area contributed by atoms with Gasteiger partial charge in [0.1, 0.15) is 32.7 Å². The van der Waals surface area contributed by atoms with Crippen molar-refractivity contribution in [3.8, 4) is 11.5 Å². The largest absolute Gasteiger partial charge is 0.504 e. The average molecular weight is 384 g/mol. The van der Waals surface area contributed by atoms with Crippen molar-refractivity contribution in [3.63, 3.8) is 0 Å². The van der Waals surface area contributed by atoms with Crippen LogP contribution in [0.4, 0.5) is 0 Å². The first-order valence-corrected chi connectivity index (χ1v) is 9.56. The number of hydrazone groups is 1. The van der Waals surface area contributed by atoms with E-state index in [9.17, 15) is 15.0 Å². The summed E-state index contributed by atoms with van der Waals surface area (Å²) in [6.45, 7) is 7.55. The van der Waals surface area contributed by atoms with Crippen molar-refractivity contribution in [2.75, 3.05) is 32.7 Å². The van der Waals surface area contributed by atoms with Gasteiger partial charge in [0.2, 0.25) is 0 Å². The normalized spacial score (nSPS) is 19.6. The number of quaternary nitrogens is 2. The molecule has 5 N–H and O–H groups in total. The lowest BCUT2D eigenvalue weighted by Crippen LogP contribution is -3.28. The number of nitrogens with zero attached hydrogens (tertiary/aromatic N) is 1. The maximum atomic E-state index is 12.1. The van der Waals surface area contributed by atoms with Gasteiger partial charge in [-0.3, -0.25) is 4.79 Å². The summed E-state index contributed by atoms with van der Waals surface area (Å²) in [5, 5.41) is 22.7. The van der Waals surface area contributed by atoms with E-state index >= 15 is 0 Å². The fourth-order valence-electron chi connectivity index (χ4n) is 3.37. The first kappa shape index (κ1) is 19.9. The summed E-state index contributed by atoms with van der Waals surface area (Å²) in [4.78, 5) is 14.9. The molecule has 0 bridgehead atoms. The van der Waals surface area contributed by atoms with Gasteiger partial charge in [-0.1, -0.05) is 29.8 Å². The maximum absolute atomic E-state index is 12.1. The number of aromatic hydroxyl groups is 2.